The molecule has 2 heterocycles. The third-order valence-electron chi connectivity index (χ3n) is 3.95. The number of carbonyl (C=O) groups excluding carboxylic acids is 1. The molecule has 1 aliphatic heterocycles. The van der Waals surface area contributed by atoms with Crippen LogP contribution in [0, 0.1) is 6.92 Å². The van der Waals surface area contributed by atoms with Crippen LogP contribution >= 0.6 is 0 Å². The summed E-state index contributed by atoms with van der Waals surface area (Å²) in [4.78, 5) is 25.6. The van der Waals surface area contributed by atoms with Gasteiger partial charge in [-0.1, -0.05) is 13.8 Å². The molecule has 1 fully saturated rings. The van der Waals surface area contributed by atoms with Gasteiger partial charge in [0.15, 0.2) is 0 Å². The number of amides is 1. The first-order chi connectivity index (χ1) is 11.1. The maximum Gasteiger partial charge on any atom is 0.410 e. The Kier molecular flexibility index (Phi) is 5.35. The molecule has 2 rings (SSSR count). The predicted molar refractivity (Wildman–Crippen MR) is 95.5 cm³/mol. The lowest BCUT2D eigenvalue weighted by atomic mass is 10.1. The number of anilines is 1. The van der Waals surface area contributed by atoms with Crippen LogP contribution in [0.2, 0.25) is 0 Å². The van der Waals surface area contributed by atoms with Crippen LogP contribution < -0.4 is 4.90 Å². The summed E-state index contributed by atoms with van der Waals surface area (Å²) in [6.07, 6.45) is -0.239. The van der Waals surface area contributed by atoms with Gasteiger partial charge in [0.25, 0.3) is 0 Å². The predicted octanol–water partition coefficient (Wildman–Crippen LogP) is 3.35. The van der Waals surface area contributed by atoms with Gasteiger partial charge in [-0.15, -0.1) is 0 Å². The molecule has 134 valence electrons. The molecule has 0 N–H and O–H groups in total. The highest BCUT2D eigenvalue weighted by atomic mass is 16.6. The summed E-state index contributed by atoms with van der Waals surface area (Å²) in [6.45, 7) is 16.0. The van der Waals surface area contributed by atoms with Crippen molar-refractivity contribution in [3.8, 4) is 0 Å². The Morgan fingerprint density at radius 2 is 1.96 bits per heavy atom. The van der Waals surface area contributed by atoms with Crippen molar-refractivity contribution in [2.75, 3.05) is 24.5 Å². The minimum absolute atomic E-state index is 0.0753. The van der Waals surface area contributed by atoms with Crippen LogP contribution in [-0.4, -0.2) is 52.2 Å². The summed E-state index contributed by atoms with van der Waals surface area (Å²) in [5, 5.41) is 0. The summed E-state index contributed by atoms with van der Waals surface area (Å²) < 4.78 is 5.50. The van der Waals surface area contributed by atoms with Crippen LogP contribution in [0.25, 0.3) is 0 Å². The van der Waals surface area contributed by atoms with Gasteiger partial charge in [0.1, 0.15) is 17.2 Å². The van der Waals surface area contributed by atoms with E-state index in [-0.39, 0.29) is 12.1 Å². The zero-order valence-electron chi connectivity index (χ0n) is 16.0. The SMILES string of the molecule is Cc1cc(N2CCN(C(=O)OC(C)(C)C)[C@H](C)C2)nc(C(C)C)n1. The lowest BCUT2D eigenvalue weighted by molar-refractivity contribution is 0.0158. The Morgan fingerprint density at radius 1 is 1.29 bits per heavy atom. The minimum Gasteiger partial charge on any atom is -0.444 e. The Balaban J connectivity index is 2.09. The number of nitrogens with zero attached hydrogens (tertiary/aromatic N) is 4. The van der Waals surface area contributed by atoms with Crippen molar-refractivity contribution in [1.29, 1.82) is 0 Å². The third kappa shape index (κ3) is 4.58. The van der Waals surface area contributed by atoms with E-state index in [1.54, 1.807) is 4.90 Å². The number of hydrogen-bond acceptors (Lipinski definition) is 5. The maximum absolute atomic E-state index is 12.3. The summed E-state index contributed by atoms with van der Waals surface area (Å²) >= 11 is 0. The molecule has 1 saturated heterocycles. The van der Waals surface area contributed by atoms with Crippen molar-refractivity contribution in [3.63, 3.8) is 0 Å². The molecule has 0 radical (unpaired) electrons. The molecule has 1 aromatic heterocycles. The lowest BCUT2D eigenvalue weighted by Crippen LogP contribution is -2.55. The topological polar surface area (TPSA) is 58.6 Å². The van der Waals surface area contributed by atoms with Gasteiger partial charge < -0.3 is 14.5 Å². The summed E-state index contributed by atoms with van der Waals surface area (Å²) in [5.41, 5.74) is 0.509. The van der Waals surface area contributed by atoms with E-state index in [4.69, 9.17) is 9.72 Å². The Labute approximate surface area is 145 Å². The molecule has 0 aromatic carbocycles. The molecular formula is C18H30N4O2. The van der Waals surface area contributed by atoms with Crippen LogP contribution in [0.15, 0.2) is 6.07 Å². The van der Waals surface area contributed by atoms with E-state index in [9.17, 15) is 4.79 Å². The van der Waals surface area contributed by atoms with E-state index in [1.807, 2.05) is 40.7 Å². The monoisotopic (exact) mass is 334 g/mol. The van der Waals surface area contributed by atoms with Gasteiger partial charge >= 0.3 is 6.09 Å². The van der Waals surface area contributed by atoms with E-state index in [2.05, 4.69) is 23.7 Å². The van der Waals surface area contributed by atoms with Crippen molar-refractivity contribution >= 4 is 11.9 Å². The van der Waals surface area contributed by atoms with E-state index in [1.165, 1.54) is 0 Å². The van der Waals surface area contributed by atoms with Gasteiger partial charge in [-0.2, -0.15) is 0 Å². The van der Waals surface area contributed by atoms with Crippen molar-refractivity contribution in [3.05, 3.63) is 17.6 Å². The van der Waals surface area contributed by atoms with Crippen LogP contribution in [0.5, 0.6) is 0 Å². The zero-order valence-corrected chi connectivity index (χ0v) is 16.0. The van der Waals surface area contributed by atoms with Crippen LogP contribution in [0.4, 0.5) is 10.6 Å². The minimum atomic E-state index is -0.468. The Morgan fingerprint density at radius 3 is 2.50 bits per heavy atom. The molecule has 0 saturated carbocycles. The fraction of sp³-hybridized carbons (Fsp3) is 0.722. The first kappa shape index (κ1) is 18.5. The highest BCUT2D eigenvalue weighted by Crippen LogP contribution is 2.22. The molecular weight excluding hydrogens is 304 g/mol. The number of hydrogen-bond donors (Lipinski definition) is 0. The van der Waals surface area contributed by atoms with Gasteiger partial charge in [-0.3, -0.25) is 0 Å². The zero-order chi connectivity index (χ0) is 18.1. The van der Waals surface area contributed by atoms with Gasteiger partial charge in [-0.25, -0.2) is 14.8 Å². The summed E-state index contributed by atoms with van der Waals surface area (Å²) in [6, 6.07) is 2.09. The molecule has 0 spiro atoms. The van der Waals surface area contributed by atoms with Crippen molar-refractivity contribution < 1.29 is 9.53 Å². The molecule has 1 atom stereocenters. The molecule has 1 amide bonds. The highest BCUT2D eigenvalue weighted by molar-refractivity contribution is 5.69. The fourth-order valence-electron chi connectivity index (χ4n) is 2.75. The van der Waals surface area contributed by atoms with E-state index in [0.29, 0.717) is 12.5 Å². The number of aryl methyl sites for hydroxylation is 1. The second-order valence-electron chi connectivity index (χ2n) is 7.85. The normalized spacial score (nSPS) is 18.9. The van der Waals surface area contributed by atoms with Crippen LogP contribution in [-0.2, 0) is 4.74 Å². The molecule has 24 heavy (non-hydrogen) atoms. The first-order valence-corrected chi connectivity index (χ1v) is 8.67. The first-order valence-electron chi connectivity index (χ1n) is 8.67. The molecule has 0 unspecified atom stereocenters. The van der Waals surface area contributed by atoms with Crippen LogP contribution in [0.3, 0.4) is 0 Å². The smallest absolute Gasteiger partial charge is 0.410 e. The van der Waals surface area contributed by atoms with Gasteiger partial charge in [0.05, 0.1) is 0 Å². The highest BCUT2D eigenvalue weighted by Gasteiger charge is 2.31. The second kappa shape index (κ2) is 6.95. The van der Waals surface area contributed by atoms with Crippen molar-refractivity contribution in [1.82, 2.24) is 14.9 Å². The molecule has 6 nitrogen and oxygen atoms in total. The quantitative estimate of drug-likeness (QED) is 0.830. The molecule has 1 aromatic rings. The molecule has 0 aliphatic carbocycles. The third-order valence-corrected chi connectivity index (χ3v) is 3.95. The average Bonchev–Trinajstić information content (AvgIpc) is 2.44. The molecule has 6 heteroatoms. The number of rotatable bonds is 2. The number of aromatic nitrogens is 2. The Bertz CT molecular complexity index is 595. The average molecular weight is 334 g/mol. The standard InChI is InChI=1S/C18H30N4O2/c1-12(2)16-19-13(3)10-15(20-16)21-8-9-22(14(4)11-21)17(23)24-18(5,6)7/h10,12,14H,8-9,11H2,1-7H3/t14-/m1/s1. The maximum atomic E-state index is 12.3. The van der Waals surface area contributed by atoms with Gasteiger partial charge in [0.2, 0.25) is 0 Å². The van der Waals surface area contributed by atoms with Gasteiger partial charge in [0, 0.05) is 43.4 Å². The van der Waals surface area contributed by atoms with E-state index in [0.717, 1.165) is 30.4 Å². The number of carbonyl (C=O) groups is 1. The molecule has 1 aliphatic rings. The molecule has 0 bridgehead atoms. The second-order valence-corrected chi connectivity index (χ2v) is 7.85. The number of ether oxygens (including phenoxy) is 1. The van der Waals surface area contributed by atoms with Crippen molar-refractivity contribution in [2.24, 2.45) is 0 Å². The van der Waals surface area contributed by atoms with E-state index < -0.39 is 5.60 Å². The number of piperazine rings is 1. The van der Waals surface area contributed by atoms with Crippen molar-refractivity contribution in [2.45, 2.75) is 66.0 Å². The largest absolute Gasteiger partial charge is 0.444 e. The summed E-state index contributed by atoms with van der Waals surface area (Å²) in [7, 11) is 0. The lowest BCUT2D eigenvalue weighted by Gasteiger charge is -2.40. The Hall–Kier alpha value is -1.85. The van der Waals surface area contributed by atoms with Gasteiger partial charge in [-0.05, 0) is 34.6 Å². The van der Waals surface area contributed by atoms with E-state index >= 15 is 0 Å². The fourth-order valence-corrected chi connectivity index (χ4v) is 2.75. The summed E-state index contributed by atoms with van der Waals surface area (Å²) in [5.74, 6) is 2.11. The van der Waals surface area contributed by atoms with Crippen LogP contribution in [0.1, 0.15) is 59.0 Å².